The average Bonchev–Trinajstić information content (AvgIpc) is 3.29. The van der Waals surface area contributed by atoms with Crippen LogP contribution in [0.25, 0.3) is 0 Å². The van der Waals surface area contributed by atoms with E-state index in [1.54, 1.807) is 18.2 Å². The van der Waals surface area contributed by atoms with Gasteiger partial charge in [0, 0.05) is 18.7 Å². The molecule has 1 aromatic carbocycles. The van der Waals surface area contributed by atoms with Crippen LogP contribution in [0.4, 0.5) is 0 Å². The van der Waals surface area contributed by atoms with Crippen molar-refractivity contribution in [3.05, 3.63) is 29.3 Å². The number of benzene rings is 1. The van der Waals surface area contributed by atoms with Crippen LogP contribution in [0.5, 0.6) is 5.75 Å². The van der Waals surface area contributed by atoms with Gasteiger partial charge in [-0.05, 0) is 37.5 Å². The molecule has 0 aliphatic carbocycles. The van der Waals surface area contributed by atoms with Crippen molar-refractivity contribution in [2.75, 3.05) is 19.7 Å². The van der Waals surface area contributed by atoms with E-state index >= 15 is 0 Å². The number of carbonyl (C=O) groups is 2. The normalized spacial score (nSPS) is 11.3. The van der Waals surface area contributed by atoms with Gasteiger partial charge in [0.1, 0.15) is 5.75 Å². The minimum absolute atomic E-state index is 0.0807. The van der Waals surface area contributed by atoms with Gasteiger partial charge in [0.15, 0.2) is 0 Å². The molecule has 0 fully saturated rings. The van der Waals surface area contributed by atoms with E-state index in [4.69, 9.17) is 4.74 Å². The molecule has 0 spiro atoms. The predicted octanol–water partition coefficient (Wildman–Crippen LogP) is 18.7. The molecule has 1 aromatic rings. The molecule has 368 valence electrons. The van der Waals surface area contributed by atoms with Crippen LogP contribution in [0.1, 0.15) is 324 Å². The lowest BCUT2D eigenvalue weighted by Gasteiger charge is -2.14. The third-order valence-electron chi connectivity index (χ3n) is 13.4. The van der Waals surface area contributed by atoms with E-state index in [0.29, 0.717) is 36.6 Å². The Hall–Kier alpha value is -2.04. The van der Waals surface area contributed by atoms with Crippen molar-refractivity contribution in [3.63, 3.8) is 0 Å². The van der Waals surface area contributed by atoms with Gasteiger partial charge in [-0.25, -0.2) is 0 Å². The molecular formula is C58H108N2O3. The van der Waals surface area contributed by atoms with Crippen LogP contribution in [0.2, 0.25) is 0 Å². The van der Waals surface area contributed by atoms with E-state index < -0.39 is 0 Å². The Morgan fingerprint density at radius 2 is 0.619 bits per heavy atom. The molecule has 0 unspecified atom stereocenters. The van der Waals surface area contributed by atoms with E-state index in [9.17, 15) is 9.59 Å². The molecule has 0 saturated heterocycles. The number of nitrogens with one attached hydrogen (secondary N) is 2. The van der Waals surface area contributed by atoms with Gasteiger partial charge in [-0.15, -0.1) is 0 Å². The van der Waals surface area contributed by atoms with Crippen molar-refractivity contribution >= 4 is 11.8 Å². The van der Waals surface area contributed by atoms with E-state index in [1.807, 2.05) is 0 Å². The standard InChI is InChI=1S/C58H108N2O3/c1-4-7-10-13-16-18-20-22-24-26-28-30-32-34-36-38-40-42-45-50-59-57(61)54-48-49-55(56(53-54)63-52-47-44-15-12-9-6-3)58(62)60-51-46-43-41-39-37-35-33-31-29-27-25-23-21-19-17-14-11-8-5-2/h48-49,53H,4-47,50-52H2,1-3H3,(H,59,61)(H,60,62). The van der Waals surface area contributed by atoms with Crippen molar-refractivity contribution in [1.82, 2.24) is 10.6 Å². The van der Waals surface area contributed by atoms with Gasteiger partial charge < -0.3 is 15.4 Å². The topological polar surface area (TPSA) is 67.4 Å². The van der Waals surface area contributed by atoms with Crippen molar-refractivity contribution in [2.45, 2.75) is 303 Å². The molecule has 1 rings (SSSR count). The van der Waals surface area contributed by atoms with E-state index in [-0.39, 0.29) is 11.8 Å². The van der Waals surface area contributed by atoms with Gasteiger partial charge in [0.05, 0.1) is 12.2 Å². The highest BCUT2D eigenvalue weighted by molar-refractivity contribution is 6.00. The fourth-order valence-electron chi connectivity index (χ4n) is 9.04. The summed E-state index contributed by atoms with van der Waals surface area (Å²) in [5, 5.41) is 6.26. The van der Waals surface area contributed by atoms with Crippen LogP contribution in [-0.4, -0.2) is 31.5 Å². The largest absolute Gasteiger partial charge is 0.493 e. The zero-order valence-electron chi connectivity index (χ0n) is 42.7. The Balaban J connectivity index is 2.22. The summed E-state index contributed by atoms with van der Waals surface area (Å²) in [6.45, 7) is 8.76. The molecule has 2 N–H and O–H groups in total. The number of hydrogen-bond donors (Lipinski definition) is 2. The summed E-state index contributed by atoms with van der Waals surface area (Å²) in [5.74, 6) is 0.352. The van der Waals surface area contributed by atoms with E-state index in [0.717, 1.165) is 38.5 Å². The van der Waals surface area contributed by atoms with Gasteiger partial charge >= 0.3 is 0 Å². The first kappa shape index (κ1) is 59.0. The first-order valence-corrected chi connectivity index (χ1v) is 28.5. The fourth-order valence-corrected chi connectivity index (χ4v) is 9.04. The summed E-state index contributed by atoms with van der Waals surface area (Å²) in [7, 11) is 0. The van der Waals surface area contributed by atoms with Crippen LogP contribution < -0.4 is 15.4 Å². The third-order valence-corrected chi connectivity index (χ3v) is 13.4. The lowest BCUT2D eigenvalue weighted by atomic mass is 10.0. The number of rotatable bonds is 50. The van der Waals surface area contributed by atoms with Crippen molar-refractivity contribution in [1.29, 1.82) is 0 Å². The van der Waals surface area contributed by atoms with Crippen LogP contribution in [0, 0.1) is 0 Å². The van der Waals surface area contributed by atoms with Crippen LogP contribution in [-0.2, 0) is 0 Å². The smallest absolute Gasteiger partial charge is 0.255 e. The maximum absolute atomic E-state index is 13.3. The second-order valence-electron chi connectivity index (χ2n) is 19.6. The van der Waals surface area contributed by atoms with Crippen molar-refractivity contribution < 1.29 is 14.3 Å². The average molecular weight is 882 g/mol. The molecular weight excluding hydrogens is 773 g/mol. The highest BCUT2D eigenvalue weighted by Crippen LogP contribution is 2.23. The predicted molar refractivity (Wildman–Crippen MR) is 277 cm³/mol. The first-order valence-electron chi connectivity index (χ1n) is 28.5. The van der Waals surface area contributed by atoms with Crippen molar-refractivity contribution in [2.24, 2.45) is 0 Å². The molecule has 0 bridgehead atoms. The summed E-state index contributed by atoms with van der Waals surface area (Å²) >= 11 is 0. The fraction of sp³-hybridized carbons (Fsp3) is 0.862. The van der Waals surface area contributed by atoms with E-state index in [2.05, 4.69) is 31.4 Å². The summed E-state index contributed by atoms with van der Waals surface area (Å²) in [4.78, 5) is 26.5. The van der Waals surface area contributed by atoms with Gasteiger partial charge in [-0.2, -0.15) is 0 Å². The van der Waals surface area contributed by atoms with E-state index in [1.165, 1.54) is 244 Å². The zero-order valence-corrected chi connectivity index (χ0v) is 42.7. The quantitative estimate of drug-likeness (QED) is 0.0641. The SMILES string of the molecule is CCCCCCCCCCCCCCCCCCCCCNC(=O)c1ccc(C(=O)NCCCCCCCCCCCCCCCCCCCCC)c(OCCCCCCCC)c1. The Kier molecular flexibility index (Phi) is 44.8. The Bertz CT molecular complexity index is 1120. The number of unbranched alkanes of at least 4 members (excludes halogenated alkanes) is 41. The number of amides is 2. The third kappa shape index (κ3) is 38.9. The Morgan fingerprint density at radius 3 is 0.937 bits per heavy atom. The first-order chi connectivity index (χ1) is 31.1. The summed E-state index contributed by atoms with van der Waals surface area (Å²) < 4.78 is 6.21. The monoisotopic (exact) mass is 881 g/mol. The lowest BCUT2D eigenvalue weighted by molar-refractivity contribution is 0.0937. The van der Waals surface area contributed by atoms with Gasteiger partial charge in [-0.3, -0.25) is 9.59 Å². The molecule has 0 aliphatic heterocycles. The summed E-state index contributed by atoms with van der Waals surface area (Å²) in [6.07, 6.45) is 58.8. The molecule has 0 aromatic heterocycles. The maximum Gasteiger partial charge on any atom is 0.255 e. The minimum Gasteiger partial charge on any atom is -0.493 e. The second kappa shape index (κ2) is 47.9. The second-order valence-corrected chi connectivity index (χ2v) is 19.6. The van der Waals surface area contributed by atoms with Gasteiger partial charge in [0.25, 0.3) is 11.8 Å². The highest BCUT2D eigenvalue weighted by Gasteiger charge is 2.16. The summed E-state index contributed by atoms with van der Waals surface area (Å²) in [6, 6.07) is 5.36. The highest BCUT2D eigenvalue weighted by atomic mass is 16.5. The van der Waals surface area contributed by atoms with Gasteiger partial charge in [0.2, 0.25) is 0 Å². The molecule has 63 heavy (non-hydrogen) atoms. The number of hydrogen-bond acceptors (Lipinski definition) is 3. The molecule has 0 aliphatic rings. The van der Waals surface area contributed by atoms with Crippen LogP contribution in [0.3, 0.4) is 0 Å². The molecule has 5 nitrogen and oxygen atoms in total. The molecule has 0 heterocycles. The van der Waals surface area contributed by atoms with Crippen LogP contribution in [0.15, 0.2) is 18.2 Å². The lowest BCUT2D eigenvalue weighted by Crippen LogP contribution is -2.26. The molecule has 5 heteroatoms. The summed E-state index contributed by atoms with van der Waals surface area (Å²) in [5.41, 5.74) is 1.11. The van der Waals surface area contributed by atoms with Crippen LogP contribution >= 0.6 is 0 Å². The van der Waals surface area contributed by atoms with Crippen molar-refractivity contribution in [3.8, 4) is 5.75 Å². The molecule has 0 atom stereocenters. The Labute approximate surface area is 393 Å². The van der Waals surface area contributed by atoms with Gasteiger partial charge in [-0.1, -0.05) is 284 Å². The number of ether oxygens (including phenoxy) is 1. The number of carbonyl (C=O) groups excluding carboxylic acids is 2. The Morgan fingerprint density at radius 1 is 0.349 bits per heavy atom. The molecule has 2 amide bonds. The maximum atomic E-state index is 13.3. The minimum atomic E-state index is -0.101. The molecule has 0 radical (unpaired) electrons. The zero-order chi connectivity index (χ0) is 45.4. The molecule has 0 saturated carbocycles.